The molecule has 8 heteroatoms. The van der Waals surface area contributed by atoms with E-state index in [1.165, 1.54) is 4.31 Å². The van der Waals surface area contributed by atoms with Crippen molar-refractivity contribution in [2.45, 2.75) is 19.8 Å². The first-order valence-electron chi connectivity index (χ1n) is 6.33. The Morgan fingerprint density at radius 1 is 1.47 bits per heavy atom. The molecule has 112 valence electrons. The zero-order valence-electron chi connectivity index (χ0n) is 11.3. The number of ether oxygens (including phenoxy) is 1. The van der Waals surface area contributed by atoms with Gasteiger partial charge < -0.3 is 9.84 Å². The van der Waals surface area contributed by atoms with E-state index in [1.54, 1.807) is 7.11 Å². The minimum Gasteiger partial charge on any atom is -0.481 e. The highest BCUT2D eigenvalue weighted by Crippen LogP contribution is 2.19. The van der Waals surface area contributed by atoms with E-state index in [-0.39, 0.29) is 19.0 Å². The molecule has 7 nitrogen and oxygen atoms in total. The van der Waals surface area contributed by atoms with Gasteiger partial charge in [0.25, 0.3) is 10.2 Å². The standard InChI is InChI=1S/C11H22N2O5S/c1-9(8-18-2)7-12-19(16,17)13-5-3-10(4-6-13)11(14)15/h9-10,12H,3-8H2,1-2H3,(H,14,15). The van der Waals surface area contributed by atoms with Gasteiger partial charge in [0.2, 0.25) is 0 Å². The lowest BCUT2D eigenvalue weighted by atomic mass is 9.99. The van der Waals surface area contributed by atoms with E-state index in [2.05, 4.69) is 4.72 Å². The molecule has 2 N–H and O–H groups in total. The fraction of sp³-hybridized carbons (Fsp3) is 0.909. The molecule has 0 saturated carbocycles. The summed E-state index contributed by atoms with van der Waals surface area (Å²) in [4.78, 5) is 10.8. The van der Waals surface area contributed by atoms with Crippen molar-refractivity contribution >= 4 is 16.2 Å². The first-order chi connectivity index (χ1) is 8.86. The van der Waals surface area contributed by atoms with Gasteiger partial charge in [-0.2, -0.15) is 12.7 Å². The normalized spacial score (nSPS) is 20.3. The first-order valence-corrected chi connectivity index (χ1v) is 7.77. The third-order valence-electron chi connectivity index (χ3n) is 3.21. The van der Waals surface area contributed by atoms with Gasteiger partial charge >= 0.3 is 5.97 Å². The average molecular weight is 294 g/mol. The van der Waals surface area contributed by atoms with Crippen LogP contribution in [0.3, 0.4) is 0 Å². The van der Waals surface area contributed by atoms with E-state index in [1.807, 2.05) is 6.92 Å². The summed E-state index contributed by atoms with van der Waals surface area (Å²) in [5, 5.41) is 8.87. The van der Waals surface area contributed by atoms with E-state index >= 15 is 0 Å². The highest BCUT2D eigenvalue weighted by Gasteiger charge is 2.30. The van der Waals surface area contributed by atoms with Crippen LogP contribution in [0.5, 0.6) is 0 Å². The number of carboxylic acid groups (broad SMARTS) is 1. The average Bonchev–Trinajstić information content (AvgIpc) is 2.37. The van der Waals surface area contributed by atoms with Crippen molar-refractivity contribution in [3.05, 3.63) is 0 Å². The van der Waals surface area contributed by atoms with Crippen molar-refractivity contribution in [1.82, 2.24) is 9.03 Å². The fourth-order valence-corrected chi connectivity index (χ4v) is 3.39. The first kappa shape index (κ1) is 16.4. The van der Waals surface area contributed by atoms with E-state index in [0.717, 1.165) is 0 Å². The lowest BCUT2D eigenvalue weighted by molar-refractivity contribution is -0.142. The molecule has 1 heterocycles. The summed E-state index contributed by atoms with van der Waals surface area (Å²) in [5.41, 5.74) is 0. The van der Waals surface area contributed by atoms with Gasteiger partial charge in [0.15, 0.2) is 0 Å². The van der Waals surface area contributed by atoms with Crippen LogP contribution in [0.15, 0.2) is 0 Å². The number of methoxy groups -OCH3 is 1. The van der Waals surface area contributed by atoms with Gasteiger partial charge in [0, 0.05) is 33.4 Å². The number of nitrogens with zero attached hydrogens (tertiary/aromatic N) is 1. The molecular formula is C11H22N2O5S. The quantitative estimate of drug-likeness (QED) is 0.683. The van der Waals surface area contributed by atoms with Gasteiger partial charge in [-0.25, -0.2) is 4.72 Å². The predicted molar refractivity (Wildman–Crippen MR) is 69.9 cm³/mol. The Morgan fingerprint density at radius 3 is 2.53 bits per heavy atom. The van der Waals surface area contributed by atoms with Crippen molar-refractivity contribution in [3.63, 3.8) is 0 Å². The number of carbonyl (C=O) groups is 1. The van der Waals surface area contributed by atoms with Crippen LogP contribution in [0, 0.1) is 11.8 Å². The number of piperidine rings is 1. The number of hydrogen-bond acceptors (Lipinski definition) is 4. The van der Waals surface area contributed by atoms with Crippen LogP contribution in [-0.4, -0.2) is 57.1 Å². The Kier molecular flexibility index (Phi) is 6.18. The molecule has 0 aromatic heterocycles. The summed E-state index contributed by atoms with van der Waals surface area (Å²) < 4.78 is 32.8. The van der Waals surface area contributed by atoms with E-state index in [4.69, 9.17) is 9.84 Å². The second kappa shape index (κ2) is 7.18. The second-order valence-corrected chi connectivity index (χ2v) is 6.68. The molecule has 0 aromatic rings. The summed E-state index contributed by atoms with van der Waals surface area (Å²) in [5.74, 6) is -1.19. The third kappa shape index (κ3) is 5.06. The lowest BCUT2D eigenvalue weighted by Gasteiger charge is -2.29. The molecule has 0 aliphatic carbocycles. The van der Waals surface area contributed by atoms with Gasteiger partial charge in [-0.15, -0.1) is 0 Å². The molecule has 1 rings (SSSR count). The van der Waals surface area contributed by atoms with Crippen LogP contribution in [0.4, 0.5) is 0 Å². The Labute approximate surface area is 114 Å². The Bertz CT molecular complexity index is 390. The maximum atomic E-state index is 12.0. The van der Waals surface area contributed by atoms with Crippen molar-refractivity contribution < 1.29 is 23.1 Å². The molecule has 0 aromatic carbocycles. The lowest BCUT2D eigenvalue weighted by Crippen LogP contribution is -2.47. The topological polar surface area (TPSA) is 95.9 Å². The van der Waals surface area contributed by atoms with Crippen LogP contribution >= 0.6 is 0 Å². The van der Waals surface area contributed by atoms with Crippen LogP contribution in [0.1, 0.15) is 19.8 Å². The smallest absolute Gasteiger partial charge is 0.306 e. The van der Waals surface area contributed by atoms with Gasteiger partial charge in [-0.05, 0) is 18.8 Å². The van der Waals surface area contributed by atoms with Crippen LogP contribution < -0.4 is 4.72 Å². The van der Waals surface area contributed by atoms with Crippen LogP contribution in [0.25, 0.3) is 0 Å². The molecule has 1 aliphatic rings. The highest BCUT2D eigenvalue weighted by molar-refractivity contribution is 7.87. The summed E-state index contributed by atoms with van der Waals surface area (Å²) in [6, 6.07) is 0. The summed E-state index contributed by atoms with van der Waals surface area (Å²) >= 11 is 0. The number of nitrogens with one attached hydrogen (secondary N) is 1. The van der Waals surface area contributed by atoms with Gasteiger partial charge in [-0.3, -0.25) is 4.79 Å². The zero-order chi connectivity index (χ0) is 14.5. The summed E-state index contributed by atoms with van der Waals surface area (Å²) in [7, 11) is -1.94. The second-order valence-electron chi connectivity index (χ2n) is 4.93. The molecule has 0 amide bonds. The predicted octanol–water partition coefficient (Wildman–Crippen LogP) is -0.100. The Hall–Kier alpha value is -0.700. The minimum absolute atomic E-state index is 0.0938. The number of carboxylic acids is 1. The highest BCUT2D eigenvalue weighted by atomic mass is 32.2. The summed E-state index contributed by atoms with van der Waals surface area (Å²) in [6.07, 6.45) is 0.730. The molecule has 0 radical (unpaired) electrons. The molecule has 1 saturated heterocycles. The van der Waals surface area contributed by atoms with Crippen molar-refractivity contribution in [2.75, 3.05) is 33.4 Å². The van der Waals surface area contributed by atoms with E-state index < -0.39 is 22.1 Å². The molecular weight excluding hydrogens is 272 g/mol. The third-order valence-corrected chi connectivity index (χ3v) is 4.78. The number of aliphatic carboxylic acids is 1. The molecule has 0 bridgehead atoms. The fourth-order valence-electron chi connectivity index (χ4n) is 2.03. The molecule has 0 spiro atoms. The molecule has 1 aliphatic heterocycles. The van der Waals surface area contributed by atoms with Crippen LogP contribution in [0.2, 0.25) is 0 Å². The minimum atomic E-state index is -3.51. The van der Waals surface area contributed by atoms with Gasteiger partial charge in [-0.1, -0.05) is 6.92 Å². The Morgan fingerprint density at radius 2 is 2.05 bits per heavy atom. The number of rotatable bonds is 7. The molecule has 1 fully saturated rings. The van der Waals surface area contributed by atoms with Gasteiger partial charge in [0.1, 0.15) is 0 Å². The van der Waals surface area contributed by atoms with E-state index in [0.29, 0.717) is 26.0 Å². The van der Waals surface area contributed by atoms with Crippen LogP contribution in [-0.2, 0) is 19.7 Å². The molecule has 1 atom stereocenters. The zero-order valence-corrected chi connectivity index (χ0v) is 12.1. The van der Waals surface area contributed by atoms with E-state index in [9.17, 15) is 13.2 Å². The monoisotopic (exact) mass is 294 g/mol. The van der Waals surface area contributed by atoms with Gasteiger partial charge in [0.05, 0.1) is 5.92 Å². The van der Waals surface area contributed by atoms with Crippen molar-refractivity contribution in [3.8, 4) is 0 Å². The SMILES string of the molecule is COCC(C)CNS(=O)(=O)N1CCC(C(=O)O)CC1. The Balaban J connectivity index is 2.44. The molecule has 19 heavy (non-hydrogen) atoms. The molecule has 1 unspecified atom stereocenters. The van der Waals surface area contributed by atoms with Crippen molar-refractivity contribution in [2.24, 2.45) is 11.8 Å². The van der Waals surface area contributed by atoms with Crippen molar-refractivity contribution in [1.29, 1.82) is 0 Å². The summed E-state index contributed by atoms with van der Waals surface area (Å²) in [6.45, 7) is 3.21. The largest absolute Gasteiger partial charge is 0.481 e. The number of hydrogen-bond donors (Lipinski definition) is 2. The maximum Gasteiger partial charge on any atom is 0.306 e. The maximum absolute atomic E-state index is 12.0.